The van der Waals surface area contributed by atoms with Crippen LogP contribution in [0.15, 0.2) is 81.9 Å². The van der Waals surface area contributed by atoms with Crippen molar-refractivity contribution in [1.82, 2.24) is 0 Å². The van der Waals surface area contributed by atoms with Crippen LogP contribution in [-0.4, -0.2) is 29.0 Å². The van der Waals surface area contributed by atoms with Crippen molar-refractivity contribution in [2.45, 2.75) is 21.6 Å². The molecule has 0 saturated heterocycles. The number of rotatable bonds is 5. The third-order valence-electron chi connectivity index (χ3n) is 6.29. The van der Waals surface area contributed by atoms with Crippen LogP contribution in [0.1, 0.15) is 22.6 Å². The van der Waals surface area contributed by atoms with E-state index in [0.29, 0.717) is 16.7 Å². The lowest BCUT2D eigenvalue weighted by atomic mass is 9.85. The number of carbonyl (C=O) groups is 1. The number of nitrogens with two attached hydrogens (primary N) is 1. The summed E-state index contributed by atoms with van der Waals surface area (Å²) in [6.45, 7) is -0.0567. The second-order valence-electron chi connectivity index (χ2n) is 8.81. The Bertz CT molecular complexity index is 1810. The van der Waals surface area contributed by atoms with E-state index in [1.807, 2.05) is 0 Å². The molecule has 1 aliphatic heterocycles. The maximum absolute atomic E-state index is 16.1. The highest BCUT2D eigenvalue weighted by atomic mass is 35.5. The van der Waals surface area contributed by atoms with E-state index in [1.54, 1.807) is 54.6 Å². The van der Waals surface area contributed by atoms with Gasteiger partial charge in [-0.15, -0.1) is 11.3 Å². The van der Waals surface area contributed by atoms with Gasteiger partial charge in [-0.3, -0.25) is 4.79 Å². The molecule has 196 valence electrons. The number of sulfonamides is 1. The fourth-order valence-electron chi connectivity index (χ4n) is 4.74. The first-order valence-corrected chi connectivity index (χ1v) is 15.8. The monoisotopic (exact) mass is 590 g/mol. The normalized spacial score (nSPS) is 15.9. The lowest BCUT2D eigenvalue weighted by Crippen LogP contribution is -2.41. The number of sulfone groups is 1. The smallest absolute Gasteiger partial charge is 0.247 e. The van der Waals surface area contributed by atoms with Crippen LogP contribution >= 0.6 is 22.9 Å². The van der Waals surface area contributed by atoms with Crippen molar-refractivity contribution < 1.29 is 26.0 Å². The number of carbonyl (C=O) groups excluding carboxylic acids is 1. The topological polar surface area (TPSA) is 115 Å². The molecule has 12 heteroatoms. The molecule has 0 radical (unpaired) electrons. The van der Waals surface area contributed by atoms with Crippen molar-refractivity contribution in [2.75, 3.05) is 11.2 Å². The Balaban J connectivity index is 1.73. The van der Waals surface area contributed by atoms with Gasteiger partial charge in [0.05, 0.1) is 22.5 Å². The zero-order chi connectivity index (χ0) is 27.4. The Labute approximate surface area is 228 Å². The Morgan fingerprint density at radius 1 is 0.974 bits per heavy atom. The third kappa shape index (κ3) is 4.65. The molecule has 7 nitrogen and oxygen atoms in total. The molecule has 1 atom stereocenters. The van der Waals surface area contributed by atoms with E-state index in [-0.39, 0.29) is 31.9 Å². The second-order valence-corrected chi connectivity index (χ2v) is 14.2. The summed E-state index contributed by atoms with van der Waals surface area (Å²) in [5.74, 6) is -2.88. The summed E-state index contributed by atoms with van der Waals surface area (Å²) in [7, 11) is -8.30. The number of hydrogen-bond donors (Lipinski definition) is 1. The van der Waals surface area contributed by atoms with Gasteiger partial charge in [0, 0.05) is 17.4 Å². The molecule has 0 fully saturated rings. The molecule has 3 aromatic carbocycles. The van der Waals surface area contributed by atoms with E-state index < -0.39 is 42.4 Å². The van der Waals surface area contributed by atoms with E-state index in [2.05, 4.69) is 0 Å². The summed E-state index contributed by atoms with van der Waals surface area (Å²) in [5, 5.41) is 5.42. The first-order valence-electron chi connectivity index (χ1n) is 11.2. The zero-order valence-electron chi connectivity index (χ0n) is 19.8. The fourth-order valence-corrected chi connectivity index (χ4v) is 8.14. The molecule has 1 aliphatic rings. The average Bonchev–Trinajstić information content (AvgIpc) is 3.25. The summed E-state index contributed by atoms with van der Waals surface area (Å²) < 4.78 is 66.2. The lowest BCUT2D eigenvalue weighted by Gasteiger charge is -2.35. The van der Waals surface area contributed by atoms with Gasteiger partial charge >= 0.3 is 0 Å². The van der Waals surface area contributed by atoms with Crippen molar-refractivity contribution in [3.63, 3.8) is 0 Å². The van der Waals surface area contributed by atoms with Gasteiger partial charge < -0.3 is 4.90 Å². The number of thiophene rings is 1. The maximum Gasteiger partial charge on any atom is 0.247 e. The molecule has 0 spiro atoms. The number of primary sulfonamides is 1. The Morgan fingerprint density at radius 2 is 1.63 bits per heavy atom. The summed E-state index contributed by atoms with van der Waals surface area (Å²) in [4.78, 5) is 14.6. The summed E-state index contributed by atoms with van der Waals surface area (Å²) in [6.07, 6.45) is 0.906. The van der Waals surface area contributed by atoms with Gasteiger partial charge in [0.1, 0.15) is 9.10 Å². The molecule has 0 aliphatic carbocycles. The van der Waals surface area contributed by atoms with E-state index in [9.17, 15) is 21.6 Å². The molecule has 38 heavy (non-hydrogen) atoms. The molecule has 0 saturated carbocycles. The number of fused-ring (bicyclic) bond motifs is 1. The van der Waals surface area contributed by atoms with Crippen molar-refractivity contribution in [3.8, 4) is 11.1 Å². The fraction of sp³-hybridized carbons (Fsp3) is 0.115. The number of halogens is 2. The van der Waals surface area contributed by atoms with Crippen molar-refractivity contribution >= 4 is 54.4 Å². The van der Waals surface area contributed by atoms with E-state index in [1.165, 1.54) is 18.2 Å². The Morgan fingerprint density at radius 3 is 2.29 bits per heavy atom. The van der Waals surface area contributed by atoms with E-state index in [4.69, 9.17) is 16.7 Å². The average molecular weight is 591 g/mol. The lowest BCUT2D eigenvalue weighted by molar-refractivity contribution is -0.119. The van der Waals surface area contributed by atoms with Crippen molar-refractivity contribution in [2.24, 2.45) is 5.14 Å². The highest BCUT2D eigenvalue weighted by Gasteiger charge is 2.40. The minimum absolute atomic E-state index is 0.0567. The zero-order valence-corrected chi connectivity index (χ0v) is 23.0. The molecule has 1 amide bonds. The van der Waals surface area contributed by atoms with Gasteiger partial charge in [0.15, 0.2) is 15.7 Å². The highest BCUT2D eigenvalue weighted by Crippen LogP contribution is 2.44. The van der Waals surface area contributed by atoms with Crippen LogP contribution in [0.2, 0.25) is 4.34 Å². The van der Waals surface area contributed by atoms with Crippen molar-refractivity contribution in [1.29, 1.82) is 0 Å². The minimum atomic E-state index is -4.23. The number of anilines is 1. The molecule has 0 bridgehead atoms. The second kappa shape index (κ2) is 9.58. The van der Waals surface area contributed by atoms with Gasteiger partial charge in [-0.05, 0) is 28.8 Å². The quantitative estimate of drug-likeness (QED) is 0.354. The molecule has 1 unspecified atom stereocenters. The molecule has 5 rings (SSSR count). The predicted molar refractivity (Wildman–Crippen MR) is 145 cm³/mol. The number of hydrogen-bond acceptors (Lipinski definition) is 6. The van der Waals surface area contributed by atoms with Crippen LogP contribution in [-0.2, 0) is 31.2 Å². The molecule has 2 heterocycles. The maximum atomic E-state index is 16.1. The third-order valence-corrected chi connectivity index (χ3v) is 10.2. The van der Waals surface area contributed by atoms with Crippen LogP contribution < -0.4 is 10.0 Å². The van der Waals surface area contributed by atoms with E-state index >= 15 is 4.39 Å². The first kappa shape index (κ1) is 26.5. The minimum Gasteiger partial charge on any atom is -0.304 e. The van der Waals surface area contributed by atoms with Gasteiger partial charge in [0.25, 0.3) is 0 Å². The van der Waals surface area contributed by atoms with Crippen LogP contribution in [0.4, 0.5) is 10.1 Å². The largest absolute Gasteiger partial charge is 0.304 e. The molecular formula is C26H20ClFN2O5S3. The molecule has 4 aromatic rings. The van der Waals surface area contributed by atoms with Crippen LogP contribution in [0, 0.1) is 5.82 Å². The number of benzene rings is 3. The van der Waals surface area contributed by atoms with Gasteiger partial charge in [-0.2, -0.15) is 0 Å². The summed E-state index contributed by atoms with van der Waals surface area (Å²) in [5.41, 5.74) is 1.65. The number of amides is 1. The SMILES string of the molecule is CS(=O)(=O)c1c(-c2ccccc2)ccc(N2Cc3ccccc3C(c3cc(Cl)sc3S(N)(=O)=O)C2=O)c1F. The van der Waals surface area contributed by atoms with Crippen LogP contribution in [0.5, 0.6) is 0 Å². The van der Waals surface area contributed by atoms with Crippen LogP contribution in [0.25, 0.3) is 11.1 Å². The van der Waals surface area contributed by atoms with E-state index in [0.717, 1.165) is 22.5 Å². The Kier molecular flexibility index (Phi) is 6.69. The predicted octanol–water partition coefficient (Wildman–Crippen LogP) is 4.94. The van der Waals surface area contributed by atoms with Crippen LogP contribution in [0.3, 0.4) is 0 Å². The van der Waals surface area contributed by atoms with Gasteiger partial charge in [-0.1, -0.05) is 72.3 Å². The molecular weight excluding hydrogens is 571 g/mol. The van der Waals surface area contributed by atoms with Gasteiger partial charge in [-0.25, -0.2) is 26.4 Å². The van der Waals surface area contributed by atoms with Crippen molar-refractivity contribution in [3.05, 3.63) is 99.6 Å². The summed E-state index contributed by atoms with van der Waals surface area (Å²) in [6, 6.07) is 19.5. The first-order chi connectivity index (χ1) is 17.9. The standard InChI is InChI=1S/C26H20ClFN2O5S3/c1-37(32,33)24-18(15-7-3-2-4-8-15)11-12-20(23(24)28)30-14-16-9-5-6-10-17(16)22(25(30)31)19-13-21(27)36-26(19)38(29,34)35/h2-13,22H,14H2,1H3,(H2,29,34,35). The highest BCUT2D eigenvalue weighted by molar-refractivity contribution is 7.91. The Hall–Kier alpha value is -3.09. The number of nitrogens with zero attached hydrogens (tertiary/aromatic N) is 1. The molecule has 1 aromatic heterocycles. The molecule has 2 N–H and O–H groups in total. The van der Waals surface area contributed by atoms with Gasteiger partial charge in [0.2, 0.25) is 15.9 Å². The summed E-state index contributed by atoms with van der Waals surface area (Å²) >= 11 is 6.86.